The van der Waals surface area contributed by atoms with Crippen LogP contribution in [0, 0.1) is 0 Å². The lowest BCUT2D eigenvalue weighted by molar-refractivity contribution is 1.90. The molecule has 1 heterocycles. The van der Waals surface area contributed by atoms with Gasteiger partial charge in [-0.2, -0.15) is 0 Å². The Morgan fingerprint density at radius 3 is 2.57 bits per heavy atom. The van der Waals surface area contributed by atoms with Crippen molar-refractivity contribution in [1.29, 1.82) is 0 Å². The zero-order chi connectivity index (χ0) is 5.28. The Kier molecular flexibility index (Phi) is 1.50. The third-order valence-electron chi connectivity index (χ3n) is 0.740. The Balaban J connectivity index is 3.04. The fourth-order valence-corrected chi connectivity index (χ4v) is 2.49. The Hall–Kier alpha value is 0.180. The molecule has 0 aliphatic carbocycles. The van der Waals surface area contributed by atoms with E-state index in [2.05, 4.69) is 39.0 Å². The van der Waals surface area contributed by atoms with E-state index in [1.807, 2.05) is 0 Å². The van der Waals surface area contributed by atoms with E-state index in [1.54, 1.807) is 0 Å². The summed E-state index contributed by atoms with van der Waals surface area (Å²) in [5, 5.41) is 4.38. The molecule has 0 radical (unpaired) electrons. The van der Waals surface area contributed by atoms with Gasteiger partial charge in [-0.15, -0.1) is 0 Å². The van der Waals surface area contributed by atoms with Gasteiger partial charge < -0.3 is 0 Å². The van der Waals surface area contributed by atoms with E-state index in [-0.39, 0.29) is 0 Å². The summed E-state index contributed by atoms with van der Waals surface area (Å²) in [5.74, 6) is 0. The Labute approximate surface area is 54.3 Å². The molecule has 1 aromatic heterocycles. The molecular formula is C5H6BrS+. The summed E-state index contributed by atoms with van der Waals surface area (Å²) in [4.78, 5) is 0. The van der Waals surface area contributed by atoms with Gasteiger partial charge in [-0.1, -0.05) is 0 Å². The molecule has 1 atom stereocenters. The molecule has 2 heteroatoms. The number of aryl methyl sites for hydroxylation is 1. The van der Waals surface area contributed by atoms with Crippen molar-refractivity contribution in [3.05, 3.63) is 21.3 Å². The Morgan fingerprint density at radius 2 is 2.43 bits per heavy atom. The van der Waals surface area contributed by atoms with E-state index in [0.29, 0.717) is 10.5 Å². The third-order valence-corrected chi connectivity index (χ3v) is 2.73. The maximum absolute atomic E-state index is 3.36. The average Bonchev–Trinajstić information content (AvgIpc) is 1.87. The van der Waals surface area contributed by atoms with E-state index < -0.39 is 0 Å². The van der Waals surface area contributed by atoms with Crippen LogP contribution in [0.25, 0.3) is 0 Å². The van der Waals surface area contributed by atoms with Gasteiger partial charge in [0.2, 0.25) is 0 Å². The van der Waals surface area contributed by atoms with Gasteiger partial charge in [0.25, 0.3) is 0 Å². The van der Waals surface area contributed by atoms with Crippen molar-refractivity contribution in [3.63, 3.8) is 0 Å². The quantitative estimate of drug-likeness (QED) is 0.536. The second-order valence-electron chi connectivity index (χ2n) is 1.41. The SMILES string of the molecule is C[s+]1ccc(Br)c1. The third kappa shape index (κ3) is 1.28. The smallest absolute Gasteiger partial charge is 0.0454 e. The standard InChI is InChI=1S/C5H6BrS/c1-7-3-2-5(6)4-7/h2-4H,1H3/q+1. The molecule has 0 saturated carbocycles. The largest absolute Gasteiger partial charge is 0.151 e. The number of hydrogen-bond donors (Lipinski definition) is 0. The van der Waals surface area contributed by atoms with Crippen molar-refractivity contribution in [2.75, 3.05) is 0 Å². The molecule has 0 spiro atoms. The fraction of sp³-hybridized carbons (Fsp3) is 0.200. The molecule has 1 unspecified atom stereocenters. The second-order valence-corrected chi connectivity index (χ2v) is 4.05. The highest BCUT2D eigenvalue weighted by Gasteiger charge is 1.94. The van der Waals surface area contributed by atoms with Gasteiger partial charge in [-0.3, -0.25) is 0 Å². The fourth-order valence-electron chi connectivity index (χ4n) is 0.428. The van der Waals surface area contributed by atoms with Crippen molar-refractivity contribution in [2.24, 2.45) is 6.26 Å². The highest BCUT2D eigenvalue weighted by atomic mass is 79.9. The van der Waals surface area contributed by atoms with Crippen LogP contribution in [0.3, 0.4) is 0 Å². The van der Waals surface area contributed by atoms with Crippen molar-refractivity contribution in [2.45, 2.75) is 0 Å². The zero-order valence-electron chi connectivity index (χ0n) is 4.02. The Morgan fingerprint density at radius 1 is 1.71 bits per heavy atom. The van der Waals surface area contributed by atoms with E-state index in [9.17, 15) is 0 Å². The number of hydrogen-bond acceptors (Lipinski definition) is 0. The Bertz CT molecular complexity index is 140. The number of rotatable bonds is 0. The van der Waals surface area contributed by atoms with Gasteiger partial charge >= 0.3 is 0 Å². The lowest BCUT2D eigenvalue weighted by Gasteiger charge is -1.61. The molecule has 0 amide bonds. The predicted molar refractivity (Wildman–Crippen MR) is 37.6 cm³/mol. The first-order valence-electron chi connectivity index (χ1n) is 1.98. The lowest BCUT2D eigenvalue weighted by Crippen LogP contribution is -1.38. The van der Waals surface area contributed by atoms with Crippen LogP contribution in [0.4, 0.5) is 0 Å². The molecule has 0 bridgehead atoms. The van der Waals surface area contributed by atoms with Crippen LogP contribution in [0.2, 0.25) is 0 Å². The highest BCUT2D eigenvalue weighted by Crippen LogP contribution is 2.20. The van der Waals surface area contributed by atoms with E-state index in [0.717, 1.165) is 0 Å². The monoisotopic (exact) mass is 177 g/mol. The van der Waals surface area contributed by atoms with Gasteiger partial charge in [0.1, 0.15) is 11.6 Å². The van der Waals surface area contributed by atoms with Crippen LogP contribution in [-0.2, 0) is 6.26 Å². The summed E-state index contributed by atoms with van der Waals surface area (Å²) in [6.45, 7) is 0. The van der Waals surface area contributed by atoms with E-state index >= 15 is 0 Å². The summed E-state index contributed by atoms with van der Waals surface area (Å²) >= 11 is 3.36. The maximum Gasteiger partial charge on any atom is 0.151 e. The molecule has 1 aromatic rings. The molecule has 7 heavy (non-hydrogen) atoms. The maximum atomic E-state index is 3.36. The molecule has 0 aromatic carbocycles. The number of thiophene rings is 1. The topological polar surface area (TPSA) is 0 Å². The van der Waals surface area contributed by atoms with Crippen LogP contribution in [0.1, 0.15) is 0 Å². The highest BCUT2D eigenvalue weighted by molar-refractivity contribution is 9.10. The molecule has 0 fully saturated rings. The van der Waals surface area contributed by atoms with Crippen molar-refractivity contribution in [3.8, 4) is 0 Å². The summed E-state index contributed by atoms with van der Waals surface area (Å²) in [6.07, 6.45) is 2.19. The van der Waals surface area contributed by atoms with Crippen molar-refractivity contribution < 1.29 is 0 Å². The van der Waals surface area contributed by atoms with Gasteiger partial charge in [-0.05, 0) is 26.4 Å². The van der Waals surface area contributed by atoms with E-state index in [4.69, 9.17) is 0 Å². The van der Waals surface area contributed by atoms with Crippen molar-refractivity contribution >= 4 is 26.4 Å². The predicted octanol–water partition coefficient (Wildman–Crippen LogP) is 2.74. The molecular weight excluding hydrogens is 172 g/mol. The normalized spacial score (nSPS) is 12.0. The van der Waals surface area contributed by atoms with Gasteiger partial charge in [0, 0.05) is 6.07 Å². The first-order chi connectivity index (χ1) is 3.29. The van der Waals surface area contributed by atoms with Crippen LogP contribution >= 0.6 is 26.4 Å². The number of halogens is 1. The molecule has 0 aliphatic heterocycles. The minimum absolute atomic E-state index is 0.408. The van der Waals surface area contributed by atoms with Crippen LogP contribution in [0.15, 0.2) is 21.3 Å². The first kappa shape index (κ1) is 5.32. The minimum atomic E-state index is 0.408. The van der Waals surface area contributed by atoms with Crippen molar-refractivity contribution in [1.82, 2.24) is 0 Å². The second kappa shape index (κ2) is 1.97. The van der Waals surface area contributed by atoms with Crippen LogP contribution in [-0.4, -0.2) is 0 Å². The molecule has 0 saturated heterocycles. The molecule has 38 valence electrons. The first-order valence-corrected chi connectivity index (χ1v) is 4.53. The summed E-state index contributed by atoms with van der Waals surface area (Å²) in [7, 11) is 0.408. The summed E-state index contributed by atoms with van der Waals surface area (Å²) in [5.41, 5.74) is 0. The van der Waals surface area contributed by atoms with Gasteiger partial charge in [0.15, 0.2) is 5.38 Å². The van der Waals surface area contributed by atoms with E-state index in [1.165, 1.54) is 4.47 Å². The molecule has 0 aliphatic rings. The van der Waals surface area contributed by atoms with Gasteiger partial charge in [-0.25, -0.2) is 0 Å². The van der Waals surface area contributed by atoms with Gasteiger partial charge in [0.05, 0.1) is 4.47 Å². The van der Waals surface area contributed by atoms with Crippen LogP contribution < -0.4 is 0 Å². The lowest BCUT2D eigenvalue weighted by atomic mass is 10.7. The summed E-state index contributed by atoms with van der Waals surface area (Å²) < 4.78 is 1.22. The molecule has 0 N–H and O–H groups in total. The van der Waals surface area contributed by atoms with Crippen LogP contribution in [0.5, 0.6) is 0 Å². The molecule has 0 nitrogen and oxygen atoms in total. The molecule has 1 rings (SSSR count). The average molecular weight is 178 g/mol. The minimum Gasteiger partial charge on any atom is -0.0454 e. The summed E-state index contributed by atoms with van der Waals surface area (Å²) in [6, 6.07) is 2.09. The zero-order valence-corrected chi connectivity index (χ0v) is 6.42.